The zero-order valence-corrected chi connectivity index (χ0v) is 11.7. The van der Waals surface area contributed by atoms with Crippen LogP contribution in [-0.4, -0.2) is 18.6 Å². The third kappa shape index (κ3) is 3.06. The van der Waals surface area contributed by atoms with Crippen LogP contribution >= 0.6 is 0 Å². The Balaban J connectivity index is 2.32. The van der Waals surface area contributed by atoms with E-state index in [-0.39, 0.29) is 5.60 Å². The van der Waals surface area contributed by atoms with Gasteiger partial charge in [-0.1, -0.05) is 25.1 Å². The summed E-state index contributed by atoms with van der Waals surface area (Å²) in [6.07, 6.45) is -0.852. The van der Waals surface area contributed by atoms with Gasteiger partial charge in [-0.3, -0.25) is 0 Å². The van der Waals surface area contributed by atoms with Gasteiger partial charge in [-0.05, 0) is 32.4 Å². The van der Waals surface area contributed by atoms with Crippen molar-refractivity contribution in [1.82, 2.24) is 5.32 Å². The summed E-state index contributed by atoms with van der Waals surface area (Å²) in [4.78, 5) is 0. The zero-order chi connectivity index (χ0) is 14.0. The first-order valence-corrected chi connectivity index (χ1v) is 6.77. The number of ether oxygens (including phenoxy) is 1. The van der Waals surface area contributed by atoms with E-state index in [1.165, 1.54) is 0 Å². The molecule has 1 N–H and O–H groups in total. The molecule has 0 amide bonds. The van der Waals surface area contributed by atoms with Crippen LogP contribution in [0, 0.1) is 0 Å². The number of para-hydroxylation sites is 1. The minimum Gasteiger partial charge on any atom is -0.487 e. The molecule has 1 heterocycles. The Hall–Kier alpha value is -1.16. The van der Waals surface area contributed by atoms with E-state index in [4.69, 9.17) is 4.74 Å². The molecule has 0 aromatic heterocycles. The molecule has 0 saturated carbocycles. The molecule has 2 rings (SSSR count). The smallest absolute Gasteiger partial charge is 0.257 e. The lowest BCUT2D eigenvalue weighted by molar-refractivity contribution is 0.0921. The normalized spacial score (nSPS) is 18.2. The SMILES string of the molecule is CCCNC(c1cccc2c1OC(C)(C)C2)C(F)F. The Labute approximate surface area is 113 Å². The number of halogens is 2. The summed E-state index contributed by atoms with van der Waals surface area (Å²) in [6.45, 7) is 6.49. The molecule has 1 aromatic rings. The molecule has 1 unspecified atom stereocenters. The molecule has 0 aliphatic carbocycles. The molecule has 4 heteroatoms. The maximum Gasteiger partial charge on any atom is 0.257 e. The maximum atomic E-state index is 13.3. The fourth-order valence-electron chi connectivity index (χ4n) is 2.52. The maximum absolute atomic E-state index is 13.3. The quantitative estimate of drug-likeness (QED) is 0.880. The van der Waals surface area contributed by atoms with Crippen molar-refractivity contribution < 1.29 is 13.5 Å². The second kappa shape index (κ2) is 5.45. The highest BCUT2D eigenvalue weighted by Crippen LogP contribution is 2.41. The molecular formula is C15H21F2NO. The average molecular weight is 269 g/mol. The van der Waals surface area contributed by atoms with Crippen LogP contribution in [0.15, 0.2) is 18.2 Å². The standard InChI is InChI=1S/C15H21F2NO/c1-4-8-18-12(14(16)17)11-7-5-6-10-9-15(2,3)19-13(10)11/h5-7,12,14,18H,4,8-9H2,1-3H3. The van der Waals surface area contributed by atoms with Gasteiger partial charge in [0.1, 0.15) is 11.4 Å². The third-order valence-corrected chi connectivity index (χ3v) is 3.32. The van der Waals surface area contributed by atoms with Crippen molar-refractivity contribution in [2.45, 2.75) is 51.7 Å². The van der Waals surface area contributed by atoms with Crippen LogP contribution in [0.3, 0.4) is 0 Å². The molecule has 0 radical (unpaired) electrons. The Kier molecular flexibility index (Phi) is 4.09. The van der Waals surface area contributed by atoms with Gasteiger partial charge in [0.15, 0.2) is 0 Å². The fraction of sp³-hybridized carbons (Fsp3) is 0.600. The van der Waals surface area contributed by atoms with Gasteiger partial charge in [0.25, 0.3) is 6.43 Å². The van der Waals surface area contributed by atoms with Crippen molar-refractivity contribution in [3.63, 3.8) is 0 Å². The zero-order valence-electron chi connectivity index (χ0n) is 11.7. The largest absolute Gasteiger partial charge is 0.487 e. The summed E-state index contributed by atoms with van der Waals surface area (Å²) in [7, 11) is 0. The number of hydrogen-bond donors (Lipinski definition) is 1. The van der Waals surface area contributed by atoms with Crippen molar-refractivity contribution in [2.75, 3.05) is 6.54 Å². The first-order valence-electron chi connectivity index (χ1n) is 6.77. The number of rotatable bonds is 5. The Morgan fingerprint density at radius 2 is 2.11 bits per heavy atom. The van der Waals surface area contributed by atoms with E-state index in [0.29, 0.717) is 17.9 Å². The first-order chi connectivity index (χ1) is 8.94. The lowest BCUT2D eigenvalue weighted by Gasteiger charge is -2.22. The molecule has 1 aliphatic rings. The van der Waals surface area contributed by atoms with Gasteiger partial charge in [-0.25, -0.2) is 8.78 Å². The van der Waals surface area contributed by atoms with Crippen LogP contribution in [-0.2, 0) is 6.42 Å². The first kappa shape index (κ1) is 14.3. The molecule has 2 nitrogen and oxygen atoms in total. The van der Waals surface area contributed by atoms with Crippen LogP contribution < -0.4 is 10.1 Å². The van der Waals surface area contributed by atoms with Crippen LogP contribution in [0.5, 0.6) is 5.75 Å². The number of fused-ring (bicyclic) bond motifs is 1. The number of nitrogens with one attached hydrogen (secondary N) is 1. The van der Waals surface area contributed by atoms with E-state index in [9.17, 15) is 8.78 Å². The molecule has 0 bridgehead atoms. The van der Waals surface area contributed by atoms with E-state index in [0.717, 1.165) is 18.4 Å². The molecule has 1 atom stereocenters. The van der Waals surface area contributed by atoms with Crippen LogP contribution in [0.25, 0.3) is 0 Å². The molecule has 106 valence electrons. The Morgan fingerprint density at radius 1 is 1.37 bits per heavy atom. The fourth-order valence-corrected chi connectivity index (χ4v) is 2.52. The van der Waals surface area contributed by atoms with E-state index in [1.807, 2.05) is 32.9 Å². The van der Waals surface area contributed by atoms with Crippen molar-refractivity contribution >= 4 is 0 Å². The van der Waals surface area contributed by atoms with Crippen molar-refractivity contribution in [1.29, 1.82) is 0 Å². The minimum atomic E-state index is -2.44. The van der Waals surface area contributed by atoms with E-state index in [2.05, 4.69) is 5.32 Å². The topological polar surface area (TPSA) is 21.3 Å². The lowest BCUT2D eigenvalue weighted by atomic mass is 9.98. The predicted octanol–water partition coefficient (Wildman–Crippen LogP) is 3.71. The van der Waals surface area contributed by atoms with Gasteiger partial charge < -0.3 is 10.1 Å². The second-order valence-electron chi connectivity index (χ2n) is 5.64. The summed E-state index contributed by atoms with van der Waals surface area (Å²) >= 11 is 0. The number of alkyl halides is 2. The van der Waals surface area contributed by atoms with Crippen molar-refractivity contribution in [3.8, 4) is 5.75 Å². The molecule has 0 saturated heterocycles. The summed E-state index contributed by atoms with van der Waals surface area (Å²) < 4.78 is 32.4. The molecule has 0 fully saturated rings. The molecule has 19 heavy (non-hydrogen) atoms. The van der Waals surface area contributed by atoms with Gasteiger partial charge >= 0.3 is 0 Å². The summed E-state index contributed by atoms with van der Waals surface area (Å²) in [5.74, 6) is 0.640. The molecule has 0 spiro atoms. The molecule has 1 aromatic carbocycles. The number of hydrogen-bond acceptors (Lipinski definition) is 2. The van der Waals surface area contributed by atoms with E-state index >= 15 is 0 Å². The number of benzene rings is 1. The highest BCUT2D eigenvalue weighted by molar-refractivity contribution is 5.47. The van der Waals surface area contributed by atoms with Crippen LogP contribution in [0.4, 0.5) is 8.78 Å². The van der Waals surface area contributed by atoms with Gasteiger partial charge in [-0.2, -0.15) is 0 Å². The van der Waals surface area contributed by atoms with Crippen LogP contribution in [0.1, 0.15) is 44.4 Å². The lowest BCUT2D eigenvalue weighted by Crippen LogP contribution is -2.29. The summed E-state index contributed by atoms with van der Waals surface area (Å²) in [6, 6.07) is 4.57. The van der Waals surface area contributed by atoms with E-state index in [1.54, 1.807) is 6.07 Å². The van der Waals surface area contributed by atoms with Gasteiger partial charge in [0.05, 0.1) is 6.04 Å². The Morgan fingerprint density at radius 3 is 2.74 bits per heavy atom. The van der Waals surface area contributed by atoms with Gasteiger partial charge in [0, 0.05) is 12.0 Å². The highest BCUT2D eigenvalue weighted by Gasteiger charge is 2.35. The highest BCUT2D eigenvalue weighted by atomic mass is 19.3. The monoisotopic (exact) mass is 269 g/mol. The summed E-state index contributed by atoms with van der Waals surface area (Å²) in [5.41, 5.74) is 1.29. The predicted molar refractivity (Wildman–Crippen MR) is 71.9 cm³/mol. The average Bonchev–Trinajstić information content (AvgIpc) is 2.63. The third-order valence-electron chi connectivity index (χ3n) is 3.32. The van der Waals surface area contributed by atoms with E-state index < -0.39 is 12.5 Å². The molecule has 1 aliphatic heterocycles. The minimum absolute atomic E-state index is 0.310. The van der Waals surface area contributed by atoms with Gasteiger partial charge in [-0.15, -0.1) is 0 Å². The molecular weight excluding hydrogens is 248 g/mol. The summed E-state index contributed by atoms with van der Waals surface area (Å²) in [5, 5.41) is 2.91. The van der Waals surface area contributed by atoms with Crippen molar-refractivity contribution in [3.05, 3.63) is 29.3 Å². The Bertz CT molecular complexity index is 446. The van der Waals surface area contributed by atoms with Crippen molar-refractivity contribution in [2.24, 2.45) is 0 Å². The second-order valence-corrected chi connectivity index (χ2v) is 5.64. The van der Waals surface area contributed by atoms with Gasteiger partial charge in [0.2, 0.25) is 0 Å². The van der Waals surface area contributed by atoms with Crippen LogP contribution in [0.2, 0.25) is 0 Å².